The number of halogens is 3. The predicted molar refractivity (Wildman–Crippen MR) is 148 cm³/mol. The zero-order valence-electron chi connectivity index (χ0n) is 21.9. The molecule has 13 heteroatoms. The maximum absolute atomic E-state index is 15.6. The molecule has 0 aliphatic carbocycles. The third-order valence-electron chi connectivity index (χ3n) is 6.78. The summed E-state index contributed by atoms with van der Waals surface area (Å²) in [6, 6.07) is 10.8. The fourth-order valence-corrected chi connectivity index (χ4v) is 6.63. The molecule has 2 aromatic heterocycles. The normalized spacial score (nSPS) is 16.8. The molecular weight excluding hydrogens is 563 g/mol. The van der Waals surface area contributed by atoms with Crippen LogP contribution in [0.2, 0.25) is 0 Å². The van der Waals surface area contributed by atoms with Crippen LogP contribution in [-0.4, -0.2) is 60.7 Å². The first-order chi connectivity index (χ1) is 19.0. The third-order valence-corrected chi connectivity index (χ3v) is 9.07. The summed E-state index contributed by atoms with van der Waals surface area (Å²) in [4.78, 5) is 13.2. The second-order valence-corrected chi connectivity index (χ2v) is 12.9. The van der Waals surface area contributed by atoms with E-state index in [1.165, 1.54) is 28.0 Å². The number of thiazole rings is 1. The van der Waals surface area contributed by atoms with Crippen molar-refractivity contribution >= 4 is 37.5 Å². The van der Waals surface area contributed by atoms with Gasteiger partial charge in [0.1, 0.15) is 17.3 Å². The number of piperidine rings is 1. The van der Waals surface area contributed by atoms with Gasteiger partial charge in [-0.1, -0.05) is 0 Å². The largest absolute Gasteiger partial charge is 0.497 e. The van der Waals surface area contributed by atoms with E-state index in [9.17, 15) is 12.8 Å². The number of methoxy groups -OCH3 is 1. The summed E-state index contributed by atoms with van der Waals surface area (Å²) in [6.45, 7) is 1.11. The summed E-state index contributed by atoms with van der Waals surface area (Å²) >= 11 is 1.41. The molecule has 0 radical (unpaired) electrons. The van der Waals surface area contributed by atoms with Gasteiger partial charge < -0.3 is 10.1 Å². The Morgan fingerprint density at radius 3 is 2.62 bits per heavy atom. The van der Waals surface area contributed by atoms with E-state index in [1.54, 1.807) is 13.2 Å². The first-order valence-corrected chi connectivity index (χ1v) is 15.3. The molecule has 1 saturated heterocycles. The van der Waals surface area contributed by atoms with Gasteiger partial charge in [0.2, 0.25) is 16.0 Å². The van der Waals surface area contributed by atoms with Gasteiger partial charge in [-0.25, -0.2) is 32.1 Å². The first-order valence-electron chi connectivity index (χ1n) is 12.7. The molecule has 5 rings (SSSR count). The molecule has 1 fully saturated rings. The van der Waals surface area contributed by atoms with Gasteiger partial charge in [0.05, 0.1) is 34.3 Å². The number of fused-ring (bicyclic) bond motifs is 1. The summed E-state index contributed by atoms with van der Waals surface area (Å²) in [5, 5.41) is 3.74. The highest BCUT2D eigenvalue weighted by atomic mass is 32.2. The Labute approximate surface area is 234 Å². The fourth-order valence-electron chi connectivity index (χ4n) is 4.68. The molecular formula is C27H28F3N5O3S2. The number of benzene rings is 2. The van der Waals surface area contributed by atoms with Gasteiger partial charge >= 0.3 is 5.92 Å². The van der Waals surface area contributed by atoms with Crippen LogP contribution in [0.4, 0.5) is 19.1 Å². The minimum atomic E-state index is -3.51. The van der Waals surface area contributed by atoms with Crippen molar-refractivity contribution in [2.45, 2.75) is 25.2 Å². The van der Waals surface area contributed by atoms with E-state index < -0.39 is 33.0 Å². The second kappa shape index (κ2) is 11.3. The van der Waals surface area contributed by atoms with Crippen molar-refractivity contribution in [1.29, 1.82) is 0 Å². The van der Waals surface area contributed by atoms with Crippen LogP contribution in [0.1, 0.15) is 34.8 Å². The zero-order valence-corrected chi connectivity index (χ0v) is 23.5. The van der Waals surface area contributed by atoms with Crippen molar-refractivity contribution in [3.05, 3.63) is 76.3 Å². The lowest BCUT2D eigenvalue weighted by Crippen LogP contribution is -2.41. The molecule has 2 aromatic carbocycles. The van der Waals surface area contributed by atoms with Crippen LogP contribution in [0.3, 0.4) is 0 Å². The molecule has 0 spiro atoms. The Hall–Kier alpha value is -3.29. The van der Waals surface area contributed by atoms with Crippen LogP contribution < -0.4 is 10.1 Å². The van der Waals surface area contributed by atoms with E-state index in [0.29, 0.717) is 42.5 Å². The Kier molecular flexibility index (Phi) is 7.98. The monoisotopic (exact) mass is 591 g/mol. The number of nitrogens with one attached hydrogen (secondary N) is 1. The van der Waals surface area contributed by atoms with Gasteiger partial charge in [-0.15, -0.1) is 11.3 Å². The van der Waals surface area contributed by atoms with Crippen LogP contribution in [0, 0.1) is 11.7 Å². The molecule has 40 heavy (non-hydrogen) atoms. The molecule has 8 nitrogen and oxygen atoms in total. The Morgan fingerprint density at radius 1 is 1.12 bits per heavy atom. The predicted octanol–water partition coefficient (Wildman–Crippen LogP) is 5.05. The Bertz CT molecular complexity index is 1610. The van der Waals surface area contributed by atoms with Crippen LogP contribution in [-0.2, 0) is 22.4 Å². The van der Waals surface area contributed by atoms with E-state index >= 15 is 8.78 Å². The van der Waals surface area contributed by atoms with Crippen LogP contribution >= 0.6 is 11.3 Å². The molecule has 1 atom stereocenters. The summed E-state index contributed by atoms with van der Waals surface area (Å²) in [5.41, 5.74) is 0.169. The Morgan fingerprint density at radius 2 is 1.90 bits per heavy atom. The lowest BCUT2D eigenvalue weighted by molar-refractivity contribution is 0.0378. The molecule has 212 valence electrons. The summed E-state index contributed by atoms with van der Waals surface area (Å²) in [7, 11) is -1.75. The van der Waals surface area contributed by atoms with E-state index in [0.717, 1.165) is 40.9 Å². The van der Waals surface area contributed by atoms with Crippen molar-refractivity contribution in [2.24, 2.45) is 5.92 Å². The number of nitrogens with zero attached hydrogens (tertiary/aromatic N) is 4. The second-order valence-electron chi connectivity index (χ2n) is 9.78. The number of sulfonamides is 1. The van der Waals surface area contributed by atoms with Crippen molar-refractivity contribution in [1.82, 2.24) is 19.3 Å². The number of anilines is 1. The molecule has 1 aliphatic heterocycles. The molecule has 0 saturated carbocycles. The zero-order chi connectivity index (χ0) is 28.5. The quantitative estimate of drug-likeness (QED) is 0.291. The van der Waals surface area contributed by atoms with E-state index in [2.05, 4.69) is 20.3 Å². The van der Waals surface area contributed by atoms with E-state index in [4.69, 9.17) is 4.74 Å². The SMILES string of the molecule is COc1ccc2nc(Cc3cc(C(F)(F)c4ccc(F)cc4)nc(NCC4CCCN(S(C)(=O)=O)C4)n3)sc2c1. The van der Waals surface area contributed by atoms with Crippen LogP contribution in [0.5, 0.6) is 5.75 Å². The summed E-state index contributed by atoms with van der Waals surface area (Å²) < 4.78 is 76.2. The average Bonchev–Trinajstić information content (AvgIpc) is 3.33. The lowest BCUT2D eigenvalue weighted by atomic mass is 10.00. The summed E-state index contributed by atoms with van der Waals surface area (Å²) in [6.07, 6.45) is 2.86. The number of ether oxygens (including phenoxy) is 1. The van der Waals surface area contributed by atoms with E-state index in [-0.39, 0.29) is 18.3 Å². The number of rotatable bonds is 9. The topological polar surface area (TPSA) is 97.3 Å². The minimum Gasteiger partial charge on any atom is -0.497 e. The highest BCUT2D eigenvalue weighted by Crippen LogP contribution is 2.36. The fraction of sp³-hybridized carbons (Fsp3) is 0.370. The molecule has 0 bridgehead atoms. The highest BCUT2D eigenvalue weighted by Gasteiger charge is 2.37. The van der Waals surface area contributed by atoms with Gasteiger partial charge in [-0.2, -0.15) is 8.78 Å². The standard InChI is InChI=1S/C27H28F3N5O3S2/c1-38-21-9-10-22-23(14-21)39-25(33-22)13-20-12-24(27(29,30)18-5-7-19(28)8-6-18)34-26(32-20)31-15-17-4-3-11-35(16-17)40(2,36)37/h5-10,12,14,17H,3-4,11,13,15-16H2,1-2H3,(H,31,32,34). The van der Waals surface area contributed by atoms with Gasteiger partial charge in [-0.05, 0) is 67.3 Å². The number of hydrogen-bond donors (Lipinski definition) is 1. The lowest BCUT2D eigenvalue weighted by Gasteiger charge is -2.31. The van der Waals surface area contributed by atoms with Gasteiger partial charge in [0, 0.05) is 31.6 Å². The van der Waals surface area contributed by atoms with Crippen molar-refractivity contribution < 1.29 is 26.3 Å². The molecule has 4 aromatic rings. The number of alkyl halides is 2. The van der Waals surface area contributed by atoms with Gasteiger partial charge in [-0.3, -0.25) is 0 Å². The molecule has 1 aliphatic rings. The average molecular weight is 592 g/mol. The van der Waals surface area contributed by atoms with Crippen molar-refractivity contribution in [3.63, 3.8) is 0 Å². The molecule has 0 amide bonds. The highest BCUT2D eigenvalue weighted by molar-refractivity contribution is 7.88. The third kappa shape index (κ3) is 6.37. The minimum absolute atomic E-state index is 0.00791. The molecule has 3 heterocycles. The number of hydrogen-bond acceptors (Lipinski definition) is 8. The van der Waals surface area contributed by atoms with Gasteiger partial charge in [0.15, 0.2) is 0 Å². The van der Waals surface area contributed by atoms with Gasteiger partial charge in [0.25, 0.3) is 0 Å². The maximum atomic E-state index is 15.6. The van der Waals surface area contributed by atoms with Crippen LogP contribution in [0.15, 0.2) is 48.5 Å². The van der Waals surface area contributed by atoms with Crippen molar-refractivity contribution in [3.8, 4) is 5.75 Å². The Balaban J connectivity index is 1.44. The maximum Gasteiger partial charge on any atom is 0.315 e. The van der Waals surface area contributed by atoms with Crippen molar-refractivity contribution in [2.75, 3.05) is 38.3 Å². The summed E-state index contributed by atoms with van der Waals surface area (Å²) in [5.74, 6) is -3.46. The molecule has 1 unspecified atom stereocenters. The first kappa shape index (κ1) is 28.2. The van der Waals surface area contributed by atoms with E-state index in [1.807, 2.05) is 12.1 Å². The number of aromatic nitrogens is 3. The van der Waals surface area contributed by atoms with Crippen LogP contribution in [0.25, 0.3) is 10.2 Å². The smallest absolute Gasteiger partial charge is 0.315 e. The molecule has 1 N–H and O–H groups in total.